The predicted octanol–water partition coefficient (Wildman–Crippen LogP) is 2.29. The predicted molar refractivity (Wildman–Crippen MR) is 73.5 cm³/mol. The van der Waals surface area contributed by atoms with Gasteiger partial charge in [-0.2, -0.15) is 13.2 Å². The molecule has 1 N–H and O–H groups in total. The Labute approximate surface area is 126 Å². The van der Waals surface area contributed by atoms with Gasteiger partial charge in [-0.15, -0.1) is 0 Å². The summed E-state index contributed by atoms with van der Waals surface area (Å²) in [5.41, 5.74) is -1.80. The molecule has 1 aliphatic rings. The van der Waals surface area contributed by atoms with E-state index >= 15 is 0 Å². The molecule has 4 nitrogen and oxygen atoms in total. The molecule has 2 rings (SSSR count). The average molecular weight is 317 g/mol. The van der Waals surface area contributed by atoms with Gasteiger partial charge in [0.15, 0.2) is 12.2 Å². The molecule has 0 aromatic heterocycles. The van der Waals surface area contributed by atoms with E-state index in [1.54, 1.807) is 12.1 Å². The van der Waals surface area contributed by atoms with E-state index in [1.165, 1.54) is 0 Å². The van der Waals surface area contributed by atoms with E-state index in [2.05, 4.69) is 0 Å². The summed E-state index contributed by atoms with van der Waals surface area (Å²) in [4.78, 5) is 13.0. The van der Waals surface area contributed by atoms with Crippen molar-refractivity contribution in [1.82, 2.24) is 4.90 Å². The lowest BCUT2D eigenvalue weighted by atomic mass is 9.92. The van der Waals surface area contributed by atoms with E-state index in [1.807, 2.05) is 19.1 Å². The third kappa shape index (κ3) is 3.71. The lowest BCUT2D eigenvalue weighted by Crippen LogP contribution is -2.58. The van der Waals surface area contributed by atoms with Crippen LogP contribution in [0.15, 0.2) is 24.3 Å². The van der Waals surface area contributed by atoms with Gasteiger partial charge in [0, 0.05) is 6.54 Å². The van der Waals surface area contributed by atoms with Crippen LogP contribution in [0.5, 0.6) is 5.75 Å². The first-order valence-corrected chi connectivity index (χ1v) is 6.98. The number of β-amino-alcohol motifs (C(OH)–C–C–N with tert-alkyl or cyclic N) is 1. The molecule has 1 aliphatic heterocycles. The quantitative estimate of drug-likeness (QED) is 0.930. The van der Waals surface area contributed by atoms with Crippen molar-refractivity contribution in [3.63, 3.8) is 0 Å². The molecular formula is C15H18F3NO3. The number of aryl methyl sites for hydroxylation is 1. The minimum Gasteiger partial charge on any atom is -0.484 e. The Morgan fingerprint density at radius 3 is 2.59 bits per heavy atom. The standard InChI is InChI=1S/C15H18F3NO3/c1-11-3-5-12(6-4-11)22-9-13(20)19-8-2-7-14(21,10-19)15(16,17)18/h3-6,21H,2,7-10H2,1H3/t14-/m0/s1. The van der Waals surface area contributed by atoms with E-state index in [4.69, 9.17) is 4.74 Å². The normalized spacial score (nSPS) is 22.5. The van der Waals surface area contributed by atoms with Crippen molar-refractivity contribution >= 4 is 5.91 Å². The fourth-order valence-electron chi connectivity index (χ4n) is 2.35. The number of halogens is 3. The molecule has 0 unspecified atom stereocenters. The minimum atomic E-state index is -4.75. The van der Waals surface area contributed by atoms with Crippen LogP contribution in [-0.2, 0) is 4.79 Å². The van der Waals surface area contributed by atoms with Gasteiger partial charge in [0.05, 0.1) is 6.54 Å². The minimum absolute atomic E-state index is 0.103. The van der Waals surface area contributed by atoms with Crippen LogP contribution in [0.2, 0.25) is 0 Å². The lowest BCUT2D eigenvalue weighted by Gasteiger charge is -2.40. The highest BCUT2D eigenvalue weighted by molar-refractivity contribution is 5.78. The van der Waals surface area contributed by atoms with Crippen molar-refractivity contribution < 1.29 is 27.8 Å². The first-order valence-electron chi connectivity index (χ1n) is 6.98. The third-order valence-corrected chi connectivity index (χ3v) is 3.73. The summed E-state index contributed by atoms with van der Waals surface area (Å²) in [7, 11) is 0. The zero-order valence-electron chi connectivity index (χ0n) is 12.2. The molecule has 1 amide bonds. The highest BCUT2D eigenvalue weighted by atomic mass is 19.4. The number of carbonyl (C=O) groups is 1. The number of amides is 1. The number of rotatable bonds is 3. The SMILES string of the molecule is Cc1ccc(OCC(=O)N2CCC[C@@](O)(C(F)(F)F)C2)cc1. The number of carbonyl (C=O) groups excluding carboxylic acids is 1. The molecule has 1 aromatic rings. The summed E-state index contributed by atoms with van der Waals surface area (Å²) in [5, 5.41) is 9.68. The molecule has 0 radical (unpaired) electrons. The number of piperidine rings is 1. The Morgan fingerprint density at radius 1 is 1.36 bits per heavy atom. The first kappa shape index (κ1) is 16.6. The van der Waals surface area contributed by atoms with Crippen molar-refractivity contribution in [2.75, 3.05) is 19.7 Å². The van der Waals surface area contributed by atoms with Gasteiger partial charge in [-0.3, -0.25) is 4.79 Å². The summed E-state index contributed by atoms with van der Waals surface area (Å²) in [6, 6.07) is 6.99. The van der Waals surface area contributed by atoms with Crippen molar-refractivity contribution in [3.05, 3.63) is 29.8 Å². The van der Waals surface area contributed by atoms with Gasteiger partial charge in [0.25, 0.3) is 5.91 Å². The molecule has 0 aliphatic carbocycles. The van der Waals surface area contributed by atoms with Gasteiger partial charge in [-0.25, -0.2) is 0 Å². The first-order chi connectivity index (χ1) is 10.2. The second kappa shape index (κ2) is 6.16. The van der Waals surface area contributed by atoms with Crippen LogP contribution in [-0.4, -0.2) is 47.4 Å². The van der Waals surface area contributed by atoms with Crippen molar-refractivity contribution in [1.29, 1.82) is 0 Å². The maximum absolute atomic E-state index is 12.8. The van der Waals surface area contributed by atoms with Crippen LogP contribution in [0.1, 0.15) is 18.4 Å². The molecule has 1 fully saturated rings. The maximum atomic E-state index is 12.8. The average Bonchev–Trinajstić information content (AvgIpc) is 2.45. The maximum Gasteiger partial charge on any atom is 0.418 e. The van der Waals surface area contributed by atoms with Crippen LogP contribution < -0.4 is 4.74 Å². The number of hydrogen-bond donors (Lipinski definition) is 1. The molecule has 122 valence electrons. The number of alkyl halides is 3. The Balaban J connectivity index is 1.93. The van der Waals surface area contributed by atoms with Gasteiger partial charge in [-0.05, 0) is 31.9 Å². The van der Waals surface area contributed by atoms with Gasteiger partial charge in [0.2, 0.25) is 0 Å². The highest BCUT2D eigenvalue weighted by Crippen LogP contribution is 2.37. The fourth-order valence-corrected chi connectivity index (χ4v) is 2.35. The van der Waals surface area contributed by atoms with Crippen LogP contribution in [0.25, 0.3) is 0 Å². The number of likely N-dealkylation sites (tertiary alicyclic amines) is 1. The molecule has 1 atom stereocenters. The van der Waals surface area contributed by atoms with E-state index < -0.39 is 24.2 Å². The van der Waals surface area contributed by atoms with Crippen molar-refractivity contribution in [3.8, 4) is 5.75 Å². The highest BCUT2D eigenvalue weighted by Gasteiger charge is 2.55. The summed E-state index contributed by atoms with van der Waals surface area (Å²) in [6.07, 6.45) is -5.03. The monoisotopic (exact) mass is 317 g/mol. The molecule has 7 heteroatoms. The van der Waals surface area contributed by atoms with Crippen LogP contribution in [0, 0.1) is 6.92 Å². The van der Waals surface area contributed by atoms with Gasteiger partial charge in [-0.1, -0.05) is 17.7 Å². The smallest absolute Gasteiger partial charge is 0.418 e. The Morgan fingerprint density at radius 2 is 2.00 bits per heavy atom. The third-order valence-electron chi connectivity index (χ3n) is 3.73. The van der Waals surface area contributed by atoms with E-state index in [9.17, 15) is 23.1 Å². The van der Waals surface area contributed by atoms with Crippen LogP contribution >= 0.6 is 0 Å². The molecule has 1 aromatic carbocycles. The largest absolute Gasteiger partial charge is 0.484 e. The zero-order chi connectivity index (χ0) is 16.4. The Hall–Kier alpha value is -1.76. The number of ether oxygens (including phenoxy) is 1. The molecule has 22 heavy (non-hydrogen) atoms. The number of nitrogens with zero attached hydrogens (tertiary/aromatic N) is 1. The molecule has 0 saturated carbocycles. The van der Waals surface area contributed by atoms with Crippen molar-refractivity contribution in [2.45, 2.75) is 31.5 Å². The molecular weight excluding hydrogens is 299 g/mol. The zero-order valence-corrected chi connectivity index (χ0v) is 12.2. The number of aliphatic hydroxyl groups is 1. The van der Waals surface area contributed by atoms with E-state index in [-0.39, 0.29) is 26.0 Å². The number of hydrogen-bond acceptors (Lipinski definition) is 3. The Kier molecular flexibility index (Phi) is 4.65. The summed E-state index contributed by atoms with van der Waals surface area (Å²) in [5.74, 6) is -0.0926. The summed E-state index contributed by atoms with van der Waals surface area (Å²) in [6.45, 7) is 0.999. The second-order valence-corrected chi connectivity index (χ2v) is 5.55. The van der Waals surface area contributed by atoms with Crippen LogP contribution in [0.4, 0.5) is 13.2 Å². The lowest BCUT2D eigenvalue weighted by molar-refractivity contribution is -0.272. The van der Waals surface area contributed by atoms with E-state index in [0.29, 0.717) is 5.75 Å². The van der Waals surface area contributed by atoms with Gasteiger partial charge < -0.3 is 14.7 Å². The van der Waals surface area contributed by atoms with Crippen LogP contribution in [0.3, 0.4) is 0 Å². The second-order valence-electron chi connectivity index (χ2n) is 5.55. The number of benzene rings is 1. The Bertz CT molecular complexity index is 530. The molecule has 1 saturated heterocycles. The summed E-state index contributed by atoms with van der Waals surface area (Å²) < 4.78 is 43.8. The molecule has 0 bridgehead atoms. The van der Waals surface area contributed by atoms with Gasteiger partial charge >= 0.3 is 6.18 Å². The molecule has 0 spiro atoms. The fraction of sp³-hybridized carbons (Fsp3) is 0.533. The topological polar surface area (TPSA) is 49.8 Å². The van der Waals surface area contributed by atoms with Crippen molar-refractivity contribution in [2.24, 2.45) is 0 Å². The van der Waals surface area contributed by atoms with E-state index in [0.717, 1.165) is 10.5 Å². The summed E-state index contributed by atoms with van der Waals surface area (Å²) >= 11 is 0. The van der Waals surface area contributed by atoms with Gasteiger partial charge in [0.1, 0.15) is 5.75 Å². The molecule has 1 heterocycles.